The van der Waals surface area contributed by atoms with Crippen molar-refractivity contribution >= 4 is 12.6 Å². The first-order chi connectivity index (χ1) is 17.9. The first kappa shape index (κ1) is 39.7. The average molecular weight is 532 g/mol. The second kappa shape index (κ2) is 36.4. The average Bonchev–Trinajstić information content (AvgIpc) is 3.31. The highest BCUT2D eigenvalue weighted by Crippen LogP contribution is 2.33. The van der Waals surface area contributed by atoms with Crippen molar-refractivity contribution in [1.82, 2.24) is 0 Å². The number of rotatable bonds is 19. The molecule has 220 valence electrons. The maximum absolute atomic E-state index is 10.1. The van der Waals surface area contributed by atoms with Crippen molar-refractivity contribution in [2.24, 2.45) is 11.8 Å². The summed E-state index contributed by atoms with van der Waals surface area (Å²) >= 11 is 0. The smallest absolute Gasteiger partial charge is 0.294 e. The van der Waals surface area contributed by atoms with Crippen LogP contribution in [0.5, 0.6) is 0 Å². The number of hydrogen-bond acceptors (Lipinski definition) is 7. The molecule has 0 N–H and O–H groups in total. The second-order valence-electron chi connectivity index (χ2n) is 9.16. The number of ether oxygens (including phenoxy) is 2. The van der Waals surface area contributed by atoms with Crippen LogP contribution in [0.15, 0.2) is 12.2 Å². The standard InChI is InChI=1S/C9H16O.C8H18.C7H12O.C5H11NO5/c1-8-4-2-5-9(8)6-3-7-10;1-3-5-7-8-6-4-2;1-2-3-4-5-6-7-8;1-9-2-3-10-4-5-11-6(7)8/h7-9H,2-6H2,1H3;3-8H2,1-2H3;2-3,7H,4-6H2,1H3;2-5H2,1H3/b;;3-2-;. The lowest BCUT2D eigenvalue weighted by atomic mass is 9.94. The highest BCUT2D eigenvalue weighted by Gasteiger charge is 2.22. The van der Waals surface area contributed by atoms with Crippen molar-refractivity contribution in [3.05, 3.63) is 22.3 Å². The number of methoxy groups -OCH3 is 1. The number of nitrogens with zero attached hydrogens (tertiary/aromatic N) is 1. The van der Waals surface area contributed by atoms with Crippen molar-refractivity contribution in [2.75, 3.05) is 33.5 Å². The molecular weight excluding hydrogens is 474 g/mol. The SMILES string of the molecule is C/C=C\CCCC=O.CC1CCCC1CCC=O.CCCCCCCC.COCCOCCO[N+](=O)[O-]. The summed E-state index contributed by atoms with van der Waals surface area (Å²) in [4.78, 5) is 33.4. The van der Waals surface area contributed by atoms with E-state index < -0.39 is 5.09 Å². The van der Waals surface area contributed by atoms with Crippen molar-refractivity contribution in [1.29, 1.82) is 0 Å². The molecule has 0 radical (unpaired) electrons. The number of carbonyl (C=O) groups is 2. The van der Waals surface area contributed by atoms with E-state index in [0.29, 0.717) is 19.6 Å². The van der Waals surface area contributed by atoms with Gasteiger partial charge in [0.1, 0.15) is 19.2 Å². The minimum Gasteiger partial charge on any atom is -0.382 e. The van der Waals surface area contributed by atoms with Gasteiger partial charge in [0, 0.05) is 20.0 Å². The summed E-state index contributed by atoms with van der Waals surface area (Å²) in [6, 6.07) is 0. The predicted octanol–water partition coefficient (Wildman–Crippen LogP) is 7.56. The predicted molar refractivity (Wildman–Crippen MR) is 151 cm³/mol. The van der Waals surface area contributed by atoms with Gasteiger partial charge >= 0.3 is 0 Å². The summed E-state index contributed by atoms with van der Waals surface area (Å²) in [5, 5.41) is 8.74. The largest absolute Gasteiger partial charge is 0.382 e. The molecule has 1 aliphatic carbocycles. The molecule has 1 aliphatic rings. The summed E-state index contributed by atoms with van der Waals surface area (Å²) in [6.07, 6.45) is 23.3. The fourth-order valence-electron chi connectivity index (χ4n) is 3.69. The van der Waals surface area contributed by atoms with Crippen molar-refractivity contribution in [2.45, 2.75) is 118 Å². The Morgan fingerprint density at radius 3 is 1.95 bits per heavy atom. The maximum Gasteiger partial charge on any atom is 0.294 e. The number of aldehydes is 2. The molecule has 0 aromatic heterocycles. The van der Waals surface area contributed by atoms with Crippen LogP contribution in [0.1, 0.15) is 118 Å². The topological polar surface area (TPSA) is 105 Å². The fraction of sp³-hybridized carbons (Fsp3) is 0.862. The molecule has 2 unspecified atom stereocenters. The molecule has 2 atom stereocenters. The van der Waals surface area contributed by atoms with Gasteiger partial charge in [-0.05, 0) is 38.0 Å². The van der Waals surface area contributed by atoms with Crippen LogP contribution in [0.25, 0.3) is 0 Å². The molecule has 8 heteroatoms. The molecule has 0 aromatic rings. The van der Waals surface area contributed by atoms with Crippen LogP contribution >= 0.6 is 0 Å². The summed E-state index contributed by atoms with van der Waals surface area (Å²) in [5.41, 5.74) is 0. The minimum absolute atomic E-state index is 0.0310. The van der Waals surface area contributed by atoms with Gasteiger partial charge in [-0.15, -0.1) is 10.1 Å². The minimum atomic E-state index is -0.848. The molecule has 0 bridgehead atoms. The van der Waals surface area contributed by atoms with Crippen molar-refractivity contribution in [3.63, 3.8) is 0 Å². The van der Waals surface area contributed by atoms with Gasteiger partial charge in [-0.3, -0.25) is 0 Å². The first-order valence-electron chi connectivity index (χ1n) is 14.3. The Labute approximate surface area is 227 Å². The Kier molecular flexibility index (Phi) is 39.0. The normalized spacial score (nSPS) is 15.9. The van der Waals surface area contributed by atoms with Crippen LogP contribution in [-0.2, 0) is 23.9 Å². The lowest BCUT2D eigenvalue weighted by molar-refractivity contribution is -0.758. The van der Waals surface area contributed by atoms with Crippen LogP contribution in [-0.4, -0.2) is 51.2 Å². The lowest BCUT2D eigenvalue weighted by Crippen LogP contribution is -2.10. The Balaban J connectivity index is -0.000000421. The molecule has 8 nitrogen and oxygen atoms in total. The van der Waals surface area contributed by atoms with E-state index in [9.17, 15) is 19.7 Å². The van der Waals surface area contributed by atoms with Gasteiger partial charge in [-0.25, -0.2) is 0 Å². The van der Waals surface area contributed by atoms with Gasteiger partial charge in [0.25, 0.3) is 5.09 Å². The van der Waals surface area contributed by atoms with E-state index in [1.807, 2.05) is 13.0 Å². The lowest BCUT2D eigenvalue weighted by Gasteiger charge is -2.12. The zero-order valence-electron chi connectivity index (χ0n) is 24.5. The molecule has 1 fully saturated rings. The number of allylic oxidation sites excluding steroid dienone is 2. The molecule has 1 rings (SSSR count). The molecule has 1 saturated carbocycles. The van der Waals surface area contributed by atoms with E-state index in [4.69, 9.17) is 4.74 Å². The van der Waals surface area contributed by atoms with Gasteiger partial charge in [-0.1, -0.05) is 90.7 Å². The number of unbranched alkanes of at least 4 members (excludes halogenated alkanes) is 7. The quantitative estimate of drug-likeness (QED) is 0.0556. The van der Waals surface area contributed by atoms with Crippen LogP contribution in [0.4, 0.5) is 0 Å². The zero-order chi connectivity index (χ0) is 28.4. The summed E-state index contributed by atoms with van der Waals surface area (Å²) in [7, 11) is 1.55. The van der Waals surface area contributed by atoms with E-state index in [-0.39, 0.29) is 13.2 Å². The molecular formula is C29H57NO7. The Bertz CT molecular complexity index is 495. The van der Waals surface area contributed by atoms with E-state index in [1.54, 1.807) is 7.11 Å². The Hall–Kier alpha value is -1.80. The zero-order valence-corrected chi connectivity index (χ0v) is 24.5. The second-order valence-corrected chi connectivity index (χ2v) is 9.16. The van der Waals surface area contributed by atoms with Crippen molar-refractivity contribution in [3.8, 4) is 0 Å². The molecule has 0 heterocycles. The molecule has 0 aromatic carbocycles. The van der Waals surface area contributed by atoms with Gasteiger partial charge in [0.15, 0.2) is 0 Å². The van der Waals surface area contributed by atoms with E-state index in [0.717, 1.165) is 50.1 Å². The first-order valence-corrected chi connectivity index (χ1v) is 14.3. The van der Waals surface area contributed by atoms with Crippen molar-refractivity contribution < 1.29 is 29.0 Å². The molecule has 0 amide bonds. The van der Waals surface area contributed by atoms with Gasteiger partial charge in [0.05, 0.1) is 19.8 Å². The van der Waals surface area contributed by atoms with E-state index >= 15 is 0 Å². The van der Waals surface area contributed by atoms with Gasteiger partial charge in [-0.2, -0.15) is 0 Å². The van der Waals surface area contributed by atoms with E-state index in [1.165, 1.54) is 57.8 Å². The summed E-state index contributed by atoms with van der Waals surface area (Å²) in [5.74, 6) is 1.73. The molecule has 0 spiro atoms. The third kappa shape index (κ3) is 38.9. The molecule has 0 aliphatic heterocycles. The summed E-state index contributed by atoms with van der Waals surface area (Å²) < 4.78 is 9.54. The fourth-order valence-corrected chi connectivity index (χ4v) is 3.69. The Morgan fingerprint density at radius 1 is 0.865 bits per heavy atom. The summed E-state index contributed by atoms with van der Waals surface area (Å²) in [6.45, 7) is 9.90. The van der Waals surface area contributed by atoms with E-state index in [2.05, 4.69) is 36.4 Å². The maximum atomic E-state index is 10.1. The monoisotopic (exact) mass is 531 g/mol. The number of hydrogen-bond donors (Lipinski definition) is 0. The Morgan fingerprint density at radius 2 is 1.49 bits per heavy atom. The highest BCUT2D eigenvalue weighted by molar-refractivity contribution is 5.49. The number of carbonyl (C=O) groups excluding carboxylic acids is 2. The third-order valence-electron chi connectivity index (χ3n) is 5.94. The highest BCUT2D eigenvalue weighted by atomic mass is 17.0. The third-order valence-corrected chi connectivity index (χ3v) is 5.94. The van der Waals surface area contributed by atoms with Crippen LogP contribution in [0, 0.1) is 22.0 Å². The van der Waals surface area contributed by atoms with Crippen LogP contribution in [0.3, 0.4) is 0 Å². The van der Waals surface area contributed by atoms with Crippen LogP contribution < -0.4 is 0 Å². The van der Waals surface area contributed by atoms with Gasteiger partial charge < -0.3 is 23.9 Å². The van der Waals surface area contributed by atoms with Crippen LogP contribution in [0.2, 0.25) is 0 Å². The molecule has 37 heavy (non-hydrogen) atoms. The van der Waals surface area contributed by atoms with Gasteiger partial charge in [0.2, 0.25) is 0 Å². The molecule has 0 saturated heterocycles.